The highest BCUT2D eigenvalue weighted by molar-refractivity contribution is 7.18. The number of aryl methyl sites for hydroxylation is 1. The molecular weight excluding hydrogens is 322 g/mol. The standard InChI is InChI=1S/C18H17N3O2S/c1-11-7-14-17(23)19-16(20-18(14)24-11)13-8-15(22)21(10-13)9-12-5-3-2-4-6-12/h2-7,13H,8-10H2,1H3,(H,19,20,23). The largest absolute Gasteiger partial charge is 0.338 e. The number of aromatic nitrogens is 2. The predicted molar refractivity (Wildman–Crippen MR) is 94.2 cm³/mol. The van der Waals surface area contributed by atoms with Crippen LogP contribution in [0.25, 0.3) is 10.2 Å². The fourth-order valence-electron chi connectivity index (χ4n) is 3.17. The number of rotatable bonds is 3. The molecule has 3 aromatic rings. The van der Waals surface area contributed by atoms with E-state index in [0.29, 0.717) is 30.7 Å². The van der Waals surface area contributed by atoms with Gasteiger partial charge in [0.05, 0.1) is 5.39 Å². The number of hydrogen-bond donors (Lipinski definition) is 1. The van der Waals surface area contributed by atoms with E-state index in [4.69, 9.17) is 0 Å². The van der Waals surface area contributed by atoms with E-state index >= 15 is 0 Å². The van der Waals surface area contributed by atoms with Crippen LogP contribution in [0.5, 0.6) is 0 Å². The summed E-state index contributed by atoms with van der Waals surface area (Å²) in [5.41, 5.74) is 0.991. The average molecular weight is 339 g/mol. The number of thiophene rings is 1. The van der Waals surface area contributed by atoms with Crippen molar-refractivity contribution < 1.29 is 4.79 Å². The average Bonchev–Trinajstić information content (AvgIpc) is 3.11. The van der Waals surface area contributed by atoms with Crippen molar-refractivity contribution in [3.05, 3.63) is 63.0 Å². The smallest absolute Gasteiger partial charge is 0.259 e. The molecule has 1 aliphatic heterocycles. The van der Waals surface area contributed by atoms with Gasteiger partial charge < -0.3 is 9.88 Å². The maximum absolute atomic E-state index is 12.3. The summed E-state index contributed by atoms with van der Waals surface area (Å²) < 4.78 is 0. The highest BCUT2D eigenvalue weighted by Crippen LogP contribution is 2.28. The Labute approximate surface area is 143 Å². The maximum Gasteiger partial charge on any atom is 0.259 e. The Morgan fingerprint density at radius 2 is 2.08 bits per heavy atom. The van der Waals surface area contributed by atoms with Gasteiger partial charge in [-0.25, -0.2) is 4.98 Å². The second kappa shape index (κ2) is 5.87. The quantitative estimate of drug-likeness (QED) is 0.798. The number of benzene rings is 1. The van der Waals surface area contributed by atoms with Gasteiger partial charge in [-0.1, -0.05) is 30.3 Å². The lowest BCUT2D eigenvalue weighted by Gasteiger charge is -2.16. The van der Waals surface area contributed by atoms with E-state index in [9.17, 15) is 9.59 Å². The van der Waals surface area contributed by atoms with Crippen LogP contribution in [0.4, 0.5) is 0 Å². The van der Waals surface area contributed by atoms with Crippen LogP contribution in [0.15, 0.2) is 41.2 Å². The number of likely N-dealkylation sites (tertiary alicyclic amines) is 1. The molecule has 24 heavy (non-hydrogen) atoms. The summed E-state index contributed by atoms with van der Waals surface area (Å²) in [6.07, 6.45) is 0.394. The fourth-order valence-corrected chi connectivity index (χ4v) is 4.06. The number of amides is 1. The number of nitrogens with one attached hydrogen (secondary N) is 1. The minimum absolute atomic E-state index is 0.0549. The van der Waals surface area contributed by atoms with Gasteiger partial charge in [0.15, 0.2) is 0 Å². The molecule has 3 heterocycles. The molecule has 1 amide bonds. The van der Waals surface area contributed by atoms with Crippen molar-refractivity contribution in [1.82, 2.24) is 14.9 Å². The predicted octanol–water partition coefficient (Wildman–Crippen LogP) is 2.81. The number of nitrogens with zero attached hydrogens (tertiary/aromatic N) is 2. The van der Waals surface area contributed by atoms with Gasteiger partial charge in [0, 0.05) is 30.3 Å². The molecule has 1 aliphatic rings. The Morgan fingerprint density at radius 3 is 2.88 bits per heavy atom. The molecule has 0 saturated carbocycles. The first-order chi connectivity index (χ1) is 11.6. The normalized spacial score (nSPS) is 17.8. The summed E-state index contributed by atoms with van der Waals surface area (Å²) in [5, 5.41) is 0.631. The van der Waals surface area contributed by atoms with Gasteiger partial charge in [-0.05, 0) is 18.6 Å². The van der Waals surface area contributed by atoms with Crippen LogP contribution in [0.1, 0.15) is 28.6 Å². The molecule has 1 fully saturated rings. The minimum atomic E-state index is -0.117. The number of fused-ring (bicyclic) bond motifs is 1. The Balaban J connectivity index is 1.59. The van der Waals surface area contributed by atoms with Gasteiger partial charge in [0.2, 0.25) is 5.91 Å². The third kappa shape index (κ3) is 2.73. The fraction of sp³-hybridized carbons (Fsp3) is 0.278. The molecular formula is C18H17N3O2S. The Morgan fingerprint density at radius 1 is 1.29 bits per heavy atom. The summed E-state index contributed by atoms with van der Waals surface area (Å²) in [5.74, 6) is 0.674. The van der Waals surface area contributed by atoms with E-state index in [-0.39, 0.29) is 17.4 Å². The molecule has 0 aliphatic carbocycles. The highest BCUT2D eigenvalue weighted by atomic mass is 32.1. The van der Waals surface area contributed by atoms with Crippen LogP contribution in [-0.4, -0.2) is 27.3 Å². The summed E-state index contributed by atoms with van der Waals surface area (Å²) in [6.45, 7) is 3.15. The monoisotopic (exact) mass is 339 g/mol. The number of hydrogen-bond acceptors (Lipinski definition) is 4. The topological polar surface area (TPSA) is 66.1 Å². The molecule has 0 radical (unpaired) electrons. The summed E-state index contributed by atoms with van der Waals surface area (Å²) in [4.78, 5) is 35.7. The highest BCUT2D eigenvalue weighted by Gasteiger charge is 2.32. The first-order valence-electron chi connectivity index (χ1n) is 7.92. The lowest BCUT2D eigenvalue weighted by Crippen LogP contribution is -2.24. The summed E-state index contributed by atoms with van der Waals surface area (Å²) >= 11 is 1.51. The summed E-state index contributed by atoms with van der Waals surface area (Å²) in [7, 11) is 0. The van der Waals surface area contributed by atoms with Crippen molar-refractivity contribution in [2.24, 2.45) is 0 Å². The van der Waals surface area contributed by atoms with Crippen LogP contribution in [0.2, 0.25) is 0 Å². The van der Waals surface area contributed by atoms with Crippen LogP contribution in [0.3, 0.4) is 0 Å². The number of carbonyl (C=O) groups excluding carboxylic acids is 1. The zero-order valence-corrected chi connectivity index (χ0v) is 14.1. The zero-order valence-electron chi connectivity index (χ0n) is 13.3. The molecule has 1 unspecified atom stereocenters. The van der Waals surface area contributed by atoms with E-state index in [1.807, 2.05) is 48.2 Å². The van der Waals surface area contributed by atoms with Crippen molar-refractivity contribution in [1.29, 1.82) is 0 Å². The van der Waals surface area contributed by atoms with Crippen molar-refractivity contribution in [2.45, 2.75) is 25.8 Å². The zero-order chi connectivity index (χ0) is 16.7. The number of aromatic amines is 1. The molecule has 122 valence electrons. The van der Waals surface area contributed by atoms with Crippen LogP contribution in [-0.2, 0) is 11.3 Å². The minimum Gasteiger partial charge on any atom is -0.338 e. The third-order valence-corrected chi connectivity index (χ3v) is 5.31. The molecule has 1 atom stereocenters. The van der Waals surface area contributed by atoms with Crippen molar-refractivity contribution in [3.8, 4) is 0 Å². The number of H-pyrrole nitrogens is 1. The number of carbonyl (C=O) groups is 1. The SMILES string of the molecule is Cc1cc2c(=O)[nH]c(C3CC(=O)N(Cc4ccccc4)C3)nc2s1. The van der Waals surface area contributed by atoms with E-state index in [0.717, 1.165) is 15.3 Å². The van der Waals surface area contributed by atoms with Crippen molar-refractivity contribution in [2.75, 3.05) is 6.54 Å². The second-order valence-electron chi connectivity index (χ2n) is 6.19. The van der Waals surface area contributed by atoms with E-state index in [1.165, 1.54) is 11.3 Å². The third-order valence-electron chi connectivity index (χ3n) is 4.36. The van der Waals surface area contributed by atoms with Crippen molar-refractivity contribution >= 4 is 27.5 Å². The van der Waals surface area contributed by atoms with E-state index < -0.39 is 0 Å². The first-order valence-corrected chi connectivity index (χ1v) is 8.74. The van der Waals surface area contributed by atoms with Crippen LogP contribution in [0, 0.1) is 6.92 Å². The van der Waals surface area contributed by atoms with Gasteiger partial charge in [0.25, 0.3) is 5.56 Å². The Hall–Kier alpha value is -2.47. The lowest BCUT2D eigenvalue weighted by molar-refractivity contribution is -0.128. The molecule has 0 spiro atoms. The lowest BCUT2D eigenvalue weighted by atomic mass is 10.1. The van der Waals surface area contributed by atoms with E-state index in [1.54, 1.807) is 0 Å². The second-order valence-corrected chi connectivity index (χ2v) is 7.42. The first kappa shape index (κ1) is 15.1. The Bertz CT molecular complexity index is 961. The molecule has 4 rings (SSSR count). The van der Waals surface area contributed by atoms with E-state index in [2.05, 4.69) is 9.97 Å². The van der Waals surface area contributed by atoms with Gasteiger partial charge in [-0.3, -0.25) is 9.59 Å². The Kier molecular flexibility index (Phi) is 3.69. The van der Waals surface area contributed by atoms with Gasteiger partial charge in [-0.2, -0.15) is 0 Å². The van der Waals surface area contributed by atoms with Gasteiger partial charge in [-0.15, -0.1) is 11.3 Å². The summed E-state index contributed by atoms with van der Waals surface area (Å²) in [6, 6.07) is 11.8. The molecule has 0 bridgehead atoms. The van der Waals surface area contributed by atoms with Crippen molar-refractivity contribution in [3.63, 3.8) is 0 Å². The molecule has 2 aromatic heterocycles. The van der Waals surface area contributed by atoms with Crippen LogP contribution >= 0.6 is 11.3 Å². The maximum atomic E-state index is 12.3. The molecule has 1 saturated heterocycles. The molecule has 5 nitrogen and oxygen atoms in total. The van der Waals surface area contributed by atoms with Crippen LogP contribution < -0.4 is 5.56 Å². The van der Waals surface area contributed by atoms with Gasteiger partial charge in [0.1, 0.15) is 10.7 Å². The molecule has 6 heteroatoms. The van der Waals surface area contributed by atoms with Gasteiger partial charge >= 0.3 is 0 Å². The molecule has 1 N–H and O–H groups in total. The molecule has 1 aromatic carbocycles.